The van der Waals surface area contributed by atoms with Crippen molar-refractivity contribution in [1.29, 1.82) is 0 Å². The molecule has 3 fully saturated rings. The van der Waals surface area contributed by atoms with Gasteiger partial charge in [-0.15, -0.1) is 0 Å². The van der Waals surface area contributed by atoms with Gasteiger partial charge in [-0.05, 0) is 6.92 Å². The Kier molecular flexibility index (Phi) is 10.4. The maximum absolute atomic E-state index is 11.2. The van der Waals surface area contributed by atoms with Gasteiger partial charge in [-0.1, -0.05) is 0 Å². The molecule has 0 radical (unpaired) electrons. The molecule has 3 N–H and O–H groups in total. The zero-order valence-corrected chi connectivity index (χ0v) is 30.9. The Morgan fingerprint density at radius 2 is 1.31 bits per heavy atom. The van der Waals surface area contributed by atoms with Crippen molar-refractivity contribution in [1.82, 2.24) is 0 Å². The zero-order valence-electron chi connectivity index (χ0n) is 22.9. The second kappa shape index (κ2) is 11.8. The fourth-order valence-electron chi connectivity index (χ4n) is 3.28. The number of hydrogen-bond donors (Lipinski definition) is 3. The number of rotatable bonds is 11. The lowest BCUT2D eigenvalue weighted by Gasteiger charge is -2.48. The van der Waals surface area contributed by atoms with Crippen LogP contribution in [0.4, 0.5) is 0 Å². The monoisotopic (exact) mass is 710 g/mol. The van der Waals surface area contributed by atoms with Gasteiger partial charge in [0.05, 0.1) is 0 Å². The average molecular weight is 711 g/mol. The smallest absolute Gasteiger partial charge is 0.390 e. The summed E-state index contributed by atoms with van der Waals surface area (Å²) >= 11 is 0. The van der Waals surface area contributed by atoms with Gasteiger partial charge in [0.1, 0.15) is 5.73 Å². The maximum atomic E-state index is 11.2. The van der Waals surface area contributed by atoms with Gasteiger partial charge < -0.3 is 86.8 Å². The van der Waals surface area contributed by atoms with E-state index in [0.29, 0.717) is 0 Å². The third kappa shape index (κ3) is 7.03. The van der Waals surface area contributed by atoms with Crippen LogP contribution in [0.3, 0.4) is 0 Å². The molecule has 39 heavy (non-hydrogen) atoms. The van der Waals surface area contributed by atoms with E-state index in [1.165, 1.54) is 34.2 Å². The van der Waals surface area contributed by atoms with E-state index in [1.807, 2.05) is 0 Å². The van der Waals surface area contributed by atoms with Gasteiger partial charge in [0.15, 0.2) is 0 Å². The van der Waals surface area contributed by atoms with Crippen LogP contribution < -0.4 is 0 Å². The Labute approximate surface area is 233 Å². The van der Waals surface area contributed by atoms with Crippen molar-refractivity contribution in [2.75, 3.05) is 49.8 Å². The fourth-order valence-corrected chi connectivity index (χ4v) is 32.5. The molecule has 0 amide bonds. The van der Waals surface area contributed by atoms with Crippen LogP contribution >= 0.6 is 0 Å². The van der Waals surface area contributed by atoms with Crippen LogP contribution in [0.15, 0.2) is 0 Å². The first-order valence-corrected chi connectivity index (χ1v) is 25.5. The van der Waals surface area contributed by atoms with Crippen molar-refractivity contribution in [3.63, 3.8) is 0 Å². The summed E-state index contributed by atoms with van der Waals surface area (Å²) in [6.45, 7) is 4.06. The summed E-state index contributed by atoms with van der Waals surface area (Å²) in [6.07, 6.45) is 0. The van der Waals surface area contributed by atoms with Crippen molar-refractivity contribution < 1.29 is 86.8 Å². The summed E-state index contributed by atoms with van der Waals surface area (Å²) in [5.41, 5.74) is -1.02. The minimum Gasteiger partial charge on any atom is -0.390 e. The summed E-state index contributed by atoms with van der Waals surface area (Å²) < 4.78 is 96.6. The highest BCUT2D eigenvalue weighted by Gasteiger charge is 2.82. The lowest BCUT2D eigenvalue weighted by atomic mass is 10.9. The third-order valence-electron chi connectivity index (χ3n) is 5.35. The predicted octanol–water partition coefficient (Wildman–Crippen LogP) is -3.12. The Morgan fingerprint density at radius 1 is 0.692 bits per heavy atom. The molecule has 230 valence electrons. The first kappa shape index (κ1) is 34.4. The van der Waals surface area contributed by atoms with Crippen LogP contribution in [0.1, 0.15) is 6.92 Å². The minimum absolute atomic E-state index is 1.02. The van der Waals surface area contributed by atoms with Crippen LogP contribution in [0.25, 0.3) is 0 Å². The molecule has 9 atom stereocenters. The molecule has 0 saturated carbocycles. The first-order chi connectivity index (χ1) is 17.9. The normalized spacial score (nSPS) is 45.9. The van der Waals surface area contributed by atoms with Gasteiger partial charge in [0, 0.05) is 62.9 Å². The minimum atomic E-state index is -4.90. The van der Waals surface area contributed by atoms with Crippen LogP contribution in [0, 0.1) is 0 Å². The fraction of sp³-hybridized carbons (Fsp3) is 1.00. The van der Waals surface area contributed by atoms with E-state index in [9.17, 15) is 14.4 Å². The highest BCUT2D eigenvalue weighted by molar-refractivity contribution is 6.92. The van der Waals surface area contributed by atoms with Crippen molar-refractivity contribution in [2.45, 2.75) is 25.7 Å². The van der Waals surface area contributed by atoms with E-state index in [1.54, 1.807) is 0 Å². The quantitative estimate of drug-likeness (QED) is 0.181. The Balaban J connectivity index is 2.20. The highest BCUT2D eigenvalue weighted by atomic mass is 28.6. The van der Waals surface area contributed by atoms with Gasteiger partial charge in [-0.3, -0.25) is 0 Å². The van der Waals surface area contributed by atoms with Crippen molar-refractivity contribution in [3.8, 4) is 0 Å². The van der Waals surface area contributed by atoms with Crippen LogP contribution in [0.5, 0.6) is 0 Å². The molecule has 5 unspecified atom stereocenters. The van der Waals surface area contributed by atoms with Gasteiger partial charge in [-0.2, -0.15) is 0 Å². The van der Waals surface area contributed by atoms with E-state index < -0.39 is 77.4 Å². The third-order valence-corrected chi connectivity index (χ3v) is 31.3. The Bertz CT molecular complexity index is 882. The van der Waals surface area contributed by atoms with Gasteiger partial charge >= 0.3 is 71.7 Å². The molecule has 3 aliphatic rings. The molecule has 0 spiro atoms. The largest absolute Gasteiger partial charge is 0.663 e. The van der Waals surface area contributed by atoms with E-state index in [2.05, 4.69) is 0 Å². The number of fused-ring (bicyclic) bond motifs is 4. The standard InChI is InChI=1S/C11H34O20Si8/c1-11-22-36(14)26-34(11,17-4)27-39(21-8)30-37(19-6,28-35(13,18-5)23-32(9,12)15-2)24-33(10,16-3)25-38(20-7,29-36)31-39/h11-14H,1-10H3/t11?,32?,33-,34-,35+,36?,37?,38-,39?/m1/s1. The zero-order chi connectivity index (χ0) is 29.6. The Morgan fingerprint density at radius 3 is 1.79 bits per heavy atom. The van der Waals surface area contributed by atoms with Crippen molar-refractivity contribution in [2.24, 2.45) is 0 Å². The molecule has 3 saturated heterocycles. The summed E-state index contributed by atoms with van der Waals surface area (Å²) in [6, 6.07) is 0. The van der Waals surface area contributed by atoms with Crippen LogP contribution in [-0.4, -0.2) is 142 Å². The average Bonchev–Trinajstić information content (AvgIpc) is 3.11. The van der Waals surface area contributed by atoms with Crippen molar-refractivity contribution >= 4 is 71.7 Å². The molecule has 4 bridgehead atoms. The molecule has 3 aliphatic heterocycles. The molecule has 20 nitrogen and oxygen atoms in total. The van der Waals surface area contributed by atoms with Gasteiger partial charge in [0.25, 0.3) is 0 Å². The second-order valence-electron chi connectivity index (χ2n) is 8.02. The molecule has 3 rings (SSSR count). The SMILES string of the molecule is CO[Si](C)(O)O[Si@](O)(OC)O[Si]1(OC)O[Si]2(OC)O[Si@@](OC)(O[Si]3(O)OC(C)[Si@@](OC)(O3)O2)O[Si@](C)(OC)O1. The molecule has 0 aromatic heterocycles. The lowest BCUT2D eigenvalue weighted by Crippen LogP contribution is -2.80. The maximum Gasteiger partial charge on any atom is 0.663 e. The van der Waals surface area contributed by atoms with E-state index in [-0.39, 0.29) is 0 Å². The number of hydrogen-bond acceptors (Lipinski definition) is 20. The summed E-state index contributed by atoms with van der Waals surface area (Å²) in [7, 11) is -27.9. The summed E-state index contributed by atoms with van der Waals surface area (Å²) in [5.74, 6) is 0. The van der Waals surface area contributed by atoms with Gasteiger partial charge in [0.2, 0.25) is 0 Å². The molecule has 28 heteroatoms. The molecule has 3 heterocycles. The highest BCUT2D eigenvalue weighted by Crippen LogP contribution is 2.43. The predicted molar refractivity (Wildman–Crippen MR) is 134 cm³/mol. The summed E-state index contributed by atoms with van der Waals surface area (Å²) in [4.78, 5) is 32.7. The molecule has 0 aromatic carbocycles. The lowest BCUT2D eigenvalue weighted by molar-refractivity contribution is -0.0716. The molecule has 0 aromatic rings. The summed E-state index contributed by atoms with van der Waals surface area (Å²) in [5, 5.41) is 0. The molecular formula is C11H34O20Si8. The second-order valence-corrected chi connectivity index (χ2v) is 29.1. The van der Waals surface area contributed by atoms with E-state index in [4.69, 9.17) is 72.4 Å². The first-order valence-electron chi connectivity index (χ1n) is 10.9. The van der Waals surface area contributed by atoms with Crippen LogP contribution in [-0.2, 0) is 72.4 Å². The van der Waals surface area contributed by atoms with E-state index in [0.717, 1.165) is 35.5 Å². The molecular weight excluding hydrogens is 677 g/mol. The Hall–Kier alpha value is 0.935. The van der Waals surface area contributed by atoms with Gasteiger partial charge in [-0.25, -0.2) is 0 Å². The van der Waals surface area contributed by atoms with Crippen LogP contribution in [0.2, 0.25) is 13.1 Å². The van der Waals surface area contributed by atoms with E-state index >= 15 is 0 Å². The molecule has 0 aliphatic carbocycles. The van der Waals surface area contributed by atoms with Crippen molar-refractivity contribution in [3.05, 3.63) is 0 Å². The topological polar surface area (TPSA) is 218 Å².